The first-order valence-corrected chi connectivity index (χ1v) is 2.22. The average molecular weight is 100 g/mol. The molecule has 1 heteroatoms. The lowest BCUT2D eigenvalue weighted by molar-refractivity contribution is -0.110. The highest BCUT2D eigenvalue weighted by Gasteiger charge is 1.79. The van der Waals surface area contributed by atoms with Crippen molar-refractivity contribution in [1.82, 2.24) is 0 Å². The van der Waals surface area contributed by atoms with E-state index in [9.17, 15) is 4.79 Å². The molecule has 0 radical (unpaired) electrons. The number of rotatable bonds is 1. The van der Waals surface area contributed by atoms with E-state index in [-0.39, 0.29) is 5.92 Å². The monoisotopic (exact) mass is 100 g/mol. The SMILES string of the molecule is C=C.CC(C)C=O. The smallest absolute Gasteiger partial charge is 0.122 e. The molecule has 0 atom stereocenters. The van der Waals surface area contributed by atoms with Crippen molar-refractivity contribution in [1.29, 1.82) is 0 Å². The fourth-order valence-corrected chi connectivity index (χ4v) is 0. The van der Waals surface area contributed by atoms with Crippen molar-refractivity contribution in [3.05, 3.63) is 13.2 Å². The van der Waals surface area contributed by atoms with E-state index < -0.39 is 0 Å². The zero-order valence-corrected chi connectivity index (χ0v) is 4.98. The van der Waals surface area contributed by atoms with Gasteiger partial charge in [-0.05, 0) is 0 Å². The molecule has 0 spiro atoms. The van der Waals surface area contributed by atoms with Crippen LogP contribution < -0.4 is 0 Å². The molecular weight excluding hydrogens is 88.1 g/mol. The van der Waals surface area contributed by atoms with Crippen LogP contribution in [-0.2, 0) is 4.79 Å². The van der Waals surface area contributed by atoms with Crippen LogP contribution in [0.4, 0.5) is 0 Å². The van der Waals surface area contributed by atoms with E-state index in [1.165, 1.54) is 0 Å². The molecule has 0 aliphatic rings. The molecule has 0 aromatic carbocycles. The second-order valence-corrected chi connectivity index (χ2v) is 1.38. The molecule has 0 N–H and O–H groups in total. The molecule has 0 saturated heterocycles. The summed E-state index contributed by atoms with van der Waals surface area (Å²) in [4.78, 5) is 9.50. The van der Waals surface area contributed by atoms with Crippen molar-refractivity contribution >= 4 is 6.29 Å². The van der Waals surface area contributed by atoms with Crippen molar-refractivity contribution in [2.75, 3.05) is 0 Å². The number of hydrogen-bond donors (Lipinski definition) is 0. The normalized spacial score (nSPS) is 6.71. The molecule has 1 nitrogen and oxygen atoms in total. The standard InChI is InChI=1S/C4H8O.C2H4/c1-4(2)3-5;1-2/h3-4H,1-2H3;1-2H2. The highest BCUT2D eigenvalue weighted by atomic mass is 16.1. The van der Waals surface area contributed by atoms with Crippen molar-refractivity contribution in [3.8, 4) is 0 Å². The molecule has 42 valence electrons. The first kappa shape index (κ1) is 9.65. The summed E-state index contributed by atoms with van der Waals surface area (Å²) in [6.07, 6.45) is 0.917. The van der Waals surface area contributed by atoms with Crippen molar-refractivity contribution in [2.24, 2.45) is 5.92 Å². The Labute approximate surface area is 45.0 Å². The van der Waals surface area contributed by atoms with Gasteiger partial charge in [-0.2, -0.15) is 0 Å². The number of carbonyl (C=O) groups excluding carboxylic acids is 1. The third-order valence-electron chi connectivity index (χ3n) is 0.272. The molecular formula is C6H12O. The molecule has 0 amide bonds. The van der Waals surface area contributed by atoms with Crippen LogP contribution in [0.1, 0.15) is 13.8 Å². The molecule has 0 saturated carbocycles. The third-order valence-corrected chi connectivity index (χ3v) is 0.272. The molecule has 0 fully saturated rings. The van der Waals surface area contributed by atoms with Gasteiger partial charge >= 0.3 is 0 Å². The van der Waals surface area contributed by atoms with Crippen LogP contribution in [0.3, 0.4) is 0 Å². The van der Waals surface area contributed by atoms with Gasteiger partial charge in [-0.15, -0.1) is 13.2 Å². The summed E-state index contributed by atoms with van der Waals surface area (Å²) in [6, 6.07) is 0. The van der Waals surface area contributed by atoms with Crippen molar-refractivity contribution in [2.45, 2.75) is 13.8 Å². The van der Waals surface area contributed by atoms with Crippen LogP contribution in [0.2, 0.25) is 0 Å². The minimum atomic E-state index is 0.204. The zero-order chi connectivity index (χ0) is 6.28. The minimum Gasteiger partial charge on any atom is -0.303 e. The van der Waals surface area contributed by atoms with Gasteiger partial charge in [0.05, 0.1) is 0 Å². The van der Waals surface area contributed by atoms with E-state index in [4.69, 9.17) is 0 Å². The van der Waals surface area contributed by atoms with E-state index in [0.29, 0.717) is 0 Å². The van der Waals surface area contributed by atoms with Gasteiger partial charge in [-0.25, -0.2) is 0 Å². The molecule has 0 bridgehead atoms. The summed E-state index contributed by atoms with van der Waals surface area (Å²) < 4.78 is 0. The summed E-state index contributed by atoms with van der Waals surface area (Å²) in [5.74, 6) is 0.204. The van der Waals surface area contributed by atoms with E-state index in [1.807, 2.05) is 13.8 Å². The zero-order valence-electron chi connectivity index (χ0n) is 4.98. The second kappa shape index (κ2) is 9.05. The fraction of sp³-hybridized carbons (Fsp3) is 0.500. The van der Waals surface area contributed by atoms with Crippen molar-refractivity contribution in [3.63, 3.8) is 0 Å². The largest absolute Gasteiger partial charge is 0.303 e. The first-order chi connectivity index (χ1) is 3.27. The summed E-state index contributed by atoms with van der Waals surface area (Å²) in [5, 5.41) is 0. The van der Waals surface area contributed by atoms with Crippen LogP contribution in [0.5, 0.6) is 0 Å². The van der Waals surface area contributed by atoms with Gasteiger partial charge in [0, 0.05) is 5.92 Å². The maximum atomic E-state index is 9.50. The number of aldehydes is 1. The summed E-state index contributed by atoms with van der Waals surface area (Å²) in [6.45, 7) is 9.71. The molecule has 0 rings (SSSR count). The predicted molar refractivity (Wildman–Crippen MR) is 32.2 cm³/mol. The maximum absolute atomic E-state index is 9.50. The topological polar surface area (TPSA) is 17.1 Å². The molecule has 0 aliphatic carbocycles. The Hall–Kier alpha value is -0.590. The highest BCUT2D eigenvalue weighted by Crippen LogP contribution is 1.78. The molecule has 0 unspecified atom stereocenters. The van der Waals surface area contributed by atoms with Gasteiger partial charge < -0.3 is 4.79 Å². The number of hydrogen-bond acceptors (Lipinski definition) is 1. The highest BCUT2D eigenvalue weighted by molar-refractivity contribution is 5.51. The predicted octanol–water partition coefficient (Wildman–Crippen LogP) is 1.64. The maximum Gasteiger partial charge on any atom is 0.122 e. The van der Waals surface area contributed by atoms with Crippen LogP contribution in [0, 0.1) is 5.92 Å². The lowest BCUT2D eigenvalue weighted by atomic mass is 10.3. The van der Waals surface area contributed by atoms with Crippen molar-refractivity contribution < 1.29 is 4.79 Å². The Balaban J connectivity index is 0. The van der Waals surface area contributed by atoms with Gasteiger partial charge in [-0.1, -0.05) is 13.8 Å². The Morgan fingerprint density at radius 2 is 1.57 bits per heavy atom. The van der Waals surface area contributed by atoms with E-state index in [2.05, 4.69) is 13.2 Å². The Morgan fingerprint density at radius 3 is 1.57 bits per heavy atom. The third kappa shape index (κ3) is 31.6. The first-order valence-electron chi connectivity index (χ1n) is 2.22. The Morgan fingerprint density at radius 1 is 1.43 bits per heavy atom. The molecule has 0 aromatic heterocycles. The van der Waals surface area contributed by atoms with Gasteiger partial charge in [-0.3, -0.25) is 0 Å². The van der Waals surface area contributed by atoms with E-state index in [0.717, 1.165) is 6.29 Å². The van der Waals surface area contributed by atoms with Gasteiger partial charge in [0.15, 0.2) is 0 Å². The van der Waals surface area contributed by atoms with E-state index in [1.54, 1.807) is 0 Å². The molecule has 0 aliphatic heterocycles. The molecule has 0 heterocycles. The fourth-order valence-electron chi connectivity index (χ4n) is 0. The van der Waals surface area contributed by atoms with Crippen LogP contribution in [0.25, 0.3) is 0 Å². The van der Waals surface area contributed by atoms with E-state index >= 15 is 0 Å². The quantitative estimate of drug-likeness (QED) is 0.361. The summed E-state index contributed by atoms with van der Waals surface area (Å²) >= 11 is 0. The van der Waals surface area contributed by atoms with Crippen LogP contribution in [-0.4, -0.2) is 6.29 Å². The van der Waals surface area contributed by atoms with Crippen LogP contribution >= 0.6 is 0 Å². The minimum absolute atomic E-state index is 0.204. The van der Waals surface area contributed by atoms with Gasteiger partial charge in [0.2, 0.25) is 0 Å². The van der Waals surface area contributed by atoms with Gasteiger partial charge in [0.25, 0.3) is 0 Å². The Bertz CT molecular complexity index is 39.4. The average Bonchev–Trinajstić information content (AvgIpc) is 1.73. The lowest BCUT2D eigenvalue weighted by Gasteiger charge is -1.78. The molecule has 0 aromatic rings. The Kier molecular flexibility index (Phi) is 12.5. The summed E-state index contributed by atoms with van der Waals surface area (Å²) in [7, 11) is 0. The molecule has 7 heavy (non-hydrogen) atoms. The van der Waals surface area contributed by atoms with Gasteiger partial charge in [0.1, 0.15) is 6.29 Å². The second-order valence-electron chi connectivity index (χ2n) is 1.38. The summed E-state index contributed by atoms with van der Waals surface area (Å²) in [5.41, 5.74) is 0. The lowest BCUT2D eigenvalue weighted by Crippen LogP contribution is -1.82. The number of carbonyl (C=O) groups is 1. The van der Waals surface area contributed by atoms with Crippen LogP contribution in [0.15, 0.2) is 13.2 Å².